The van der Waals surface area contributed by atoms with Crippen molar-refractivity contribution in [3.8, 4) is 0 Å². The molecule has 40 heavy (non-hydrogen) atoms. The molecule has 0 heterocycles. The maximum atomic E-state index is 13.5. The summed E-state index contributed by atoms with van der Waals surface area (Å²) in [5, 5.41) is 0. The van der Waals surface area contributed by atoms with Crippen LogP contribution in [0.15, 0.2) is 36.4 Å². The predicted octanol–water partition coefficient (Wildman–Crippen LogP) is 9.73. The molecule has 3 unspecified atom stereocenters. The topological polar surface area (TPSA) is 51.2 Å². The van der Waals surface area contributed by atoms with Crippen molar-refractivity contribution in [1.29, 1.82) is 0 Å². The summed E-state index contributed by atoms with van der Waals surface area (Å²) in [5.74, 6) is 1.29. The second kappa shape index (κ2) is 16.2. The molecule has 0 amide bonds. The van der Waals surface area contributed by atoms with Crippen molar-refractivity contribution in [2.24, 2.45) is 23.7 Å². The van der Waals surface area contributed by atoms with Gasteiger partial charge in [-0.25, -0.2) is 0 Å². The molecule has 2 aliphatic carbocycles. The van der Waals surface area contributed by atoms with Gasteiger partial charge in [-0.2, -0.15) is 0 Å². The first-order valence-electron chi connectivity index (χ1n) is 16.0. The Labute approximate surface area is 245 Å². The Morgan fingerprint density at radius 3 is 2.25 bits per heavy atom. The van der Waals surface area contributed by atoms with Crippen LogP contribution in [0.25, 0.3) is 0 Å². The Morgan fingerprint density at radius 1 is 1.02 bits per heavy atom. The molecule has 0 bridgehead atoms. The number of carbonyl (C=O) groups is 3. The van der Waals surface area contributed by atoms with Crippen molar-refractivity contribution in [1.82, 2.24) is 0 Å². The lowest BCUT2D eigenvalue weighted by atomic mass is 9.70. The molecule has 0 saturated heterocycles. The van der Waals surface area contributed by atoms with E-state index in [1.165, 1.54) is 42.9 Å². The van der Waals surface area contributed by atoms with E-state index >= 15 is 0 Å². The van der Waals surface area contributed by atoms with Crippen LogP contribution in [0.5, 0.6) is 0 Å². The fraction of sp³-hybridized carbons (Fsp3) is 0.649. The number of carbonyl (C=O) groups excluding carboxylic acids is 3. The highest BCUT2D eigenvalue weighted by Gasteiger charge is 2.34. The Kier molecular flexibility index (Phi) is 13.8. The Balaban J connectivity index is 0.00000178. The van der Waals surface area contributed by atoms with Gasteiger partial charge in [0, 0.05) is 17.9 Å². The van der Waals surface area contributed by atoms with Crippen molar-refractivity contribution in [3.63, 3.8) is 0 Å². The fourth-order valence-corrected chi connectivity index (χ4v) is 7.04. The van der Waals surface area contributed by atoms with E-state index in [1.54, 1.807) is 0 Å². The first-order chi connectivity index (χ1) is 19.0. The largest absolute Gasteiger partial charge is 0.300 e. The SMILES string of the molecule is CCC.CCCC(CC1CC(=O)c2c(ccc(C(C)(C)CCCC3C=CC=C3)c2C)C1)C(CC)C(=O)CC(C)=O. The summed E-state index contributed by atoms with van der Waals surface area (Å²) in [5.41, 5.74) is 4.63. The van der Waals surface area contributed by atoms with Crippen LogP contribution in [-0.2, 0) is 21.4 Å². The summed E-state index contributed by atoms with van der Waals surface area (Å²) in [6, 6.07) is 4.48. The van der Waals surface area contributed by atoms with Crippen molar-refractivity contribution in [2.75, 3.05) is 0 Å². The van der Waals surface area contributed by atoms with E-state index in [0.717, 1.165) is 44.1 Å². The molecule has 0 fully saturated rings. The van der Waals surface area contributed by atoms with Crippen molar-refractivity contribution >= 4 is 17.3 Å². The summed E-state index contributed by atoms with van der Waals surface area (Å²) in [4.78, 5) is 38.0. The highest BCUT2D eigenvalue weighted by Crippen LogP contribution is 2.40. The summed E-state index contributed by atoms with van der Waals surface area (Å²) in [7, 11) is 0. The first-order valence-corrected chi connectivity index (χ1v) is 16.0. The number of ketones is 3. The molecule has 0 aliphatic heterocycles. The molecule has 0 saturated carbocycles. The summed E-state index contributed by atoms with van der Waals surface area (Å²) in [6.45, 7) is 16.7. The molecule has 222 valence electrons. The van der Waals surface area contributed by atoms with Gasteiger partial charge in [0.05, 0.1) is 6.42 Å². The van der Waals surface area contributed by atoms with E-state index in [-0.39, 0.29) is 46.9 Å². The van der Waals surface area contributed by atoms with E-state index < -0.39 is 0 Å². The number of allylic oxidation sites excluding steroid dienone is 4. The molecule has 1 aromatic rings. The maximum absolute atomic E-state index is 13.5. The fourth-order valence-electron chi connectivity index (χ4n) is 7.04. The van der Waals surface area contributed by atoms with Gasteiger partial charge >= 0.3 is 0 Å². The van der Waals surface area contributed by atoms with Gasteiger partial charge in [0.1, 0.15) is 11.6 Å². The minimum atomic E-state index is -0.0829. The minimum Gasteiger partial charge on any atom is -0.300 e. The van der Waals surface area contributed by atoms with E-state index in [0.29, 0.717) is 12.3 Å². The second-order valence-corrected chi connectivity index (χ2v) is 13.0. The van der Waals surface area contributed by atoms with Crippen molar-refractivity contribution in [3.05, 3.63) is 58.7 Å². The number of benzene rings is 1. The molecule has 0 radical (unpaired) electrons. The Bertz CT molecular complexity index is 1050. The zero-order valence-corrected chi connectivity index (χ0v) is 26.8. The van der Waals surface area contributed by atoms with E-state index in [1.807, 2.05) is 0 Å². The summed E-state index contributed by atoms with van der Waals surface area (Å²) < 4.78 is 0. The molecule has 3 atom stereocenters. The Morgan fingerprint density at radius 2 is 1.68 bits per heavy atom. The third-order valence-corrected chi connectivity index (χ3v) is 8.85. The zero-order valence-electron chi connectivity index (χ0n) is 26.8. The molecule has 1 aromatic carbocycles. The lowest BCUT2D eigenvalue weighted by Crippen LogP contribution is -2.30. The van der Waals surface area contributed by atoms with Crippen LogP contribution in [0, 0.1) is 30.6 Å². The van der Waals surface area contributed by atoms with Crippen molar-refractivity contribution < 1.29 is 14.4 Å². The molecule has 3 nitrogen and oxygen atoms in total. The monoisotopic (exact) mass is 548 g/mol. The quantitative estimate of drug-likeness (QED) is 0.217. The molecular formula is C37H56O3. The Hall–Kier alpha value is -2.29. The van der Waals surface area contributed by atoms with Gasteiger partial charge in [0.15, 0.2) is 5.78 Å². The van der Waals surface area contributed by atoms with E-state index in [9.17, 15) is 14.4 Å². The van der Waals surface area contributed by atoms with Crippen LogP contribution in [0.2, 0.25) is 0 Å². The van der Waals surface area contributed by atoms with Gasteiger partial charge in [0.2, 0.25) is 0 Å². The van der Waals surface area contributed by atoms with E-state index in [2.05, 4.69) is 84.9 Å². The molecule has 3 heteroatoms. The lowest BCUT2D eigenvalue weighted by Gasteiger charge is -2.34. The second-order valence-electron chi connectivity index (χ2n) is 13.0. The highest BCUT2D eigenvalue weighted by atomic mass is 16.1. The van der Waals surface area contributed by atoms with Gasteiger partial charge in [0.25, 0.3) is 0 Å². The molecule has 0 aromatic heterocycles. The van der Waals surface area contributed by atoms with Crippen LogP contribution >= 0.6 is 0 Å². The third-order valence-electron chi connectivity index (χ3n) is 8.85. The molecule has 0 spiro atoms. The van der Waals surface area contributed by atoms with Gasteiger partial charge in [-0.1, -0.05) is 104 Å². The molecule has 3 rings (SSSR count). The minimum absolute atomic E-state index is 0.0277. The lowest BCUT2D eigenvalue weighted by molar-refractivity contribution is -0.129. The van der Waals surface area contributed by atoms with Crippen LogP contribution < -0.4 is 0 Å². The number of hydrogen-bond acceptors (Lipinski definition) is 3. The van der Waals surface area contributed by atoms with Crippen molar-refractivity contribution in [2.45, 2.75) is 131 Å². The normalized spacial score (nSPS) is 18.2. The molecule has 0 N–H and O–H groups in total. The molecule has 2 aliphatic rings. The number of Topliss-reactive ketones (excluding diaryl/α,β-unsaturated/α-hetero) is 3. The standard InChI is InChI=1S/C34H48O3.C3H8/c1-7-12-27(29(8-2)31(36)19-23(3)35)20-26-21-28-16-17-30(24(4)33(28)32(37)22-26)34(5,6)18-11-15-25-13-9-10-14-25;1-3-2/h9-10,13-14,16-17,25-27,29H,7-8,11-12,15,18-22H2,1-6H3;3H2,1-2H3. The van der Waals surface area contributed by atoms with Gasteiger partial charge in [-0.3, -0.25) is 14.4 Å². The van der Waals surface area contributed by atoms with Crippen LogP contribution in [0.3, 0.4) is 0 Å². The average Bonchev–Trinajstić information content (AvgIpc) is 3.38. The number of fused-ring (bicyclic) bond motifs is 1. The number of rotatable bonds is 14. The average molecular weight is 549 g/mol. The maximum Gasteiger partial charge on any atom is 0.163 e. The highest BCUT2D eigenvalue weighted by molar-refractivity contribution is 6.00. The molecular weight excluding hydrogens is 492 g/mol. The third kappa shape index (κ3) is 9.38. The predicted molar refractivity (Wildman–Crippen MR) is 169 cm³/mol. The number of hydrogen-bond donors (Lipinski definition) is 0. The van der Waals surface area contributed by atoms with Crippen LogP contribution in [0.1, 0.15) is 140 Å². The first kappa shape index (κ1) is 33.9. The van der Waals surface area contributed by atoms with Gasteiger partial charge in [-0.15, -0.1) is 0 Å². The summed E-state index contributed by atoms with van der Waals surface area (Å²) in [6.07, 6.45) is 18.7. The zero-order chi connectivity index (χ0) is 29.9. The van der Waals surface area contributed by atoms with Crippen LogP contribution in [-0.4, -0.2) is 17.3 Å². The van der Waals surface area contributed by atoms with Gasteiger partial charge in [-0.05, 0) is 85.8 Å². The van der Waals surface area contributed by atoms with Crippen LogP contribution in [0.4, 0.5) is 0 Å². The van der Waals surface area contributed by atoms with Gasteiger partial charge < -0.3 is 0 Å². The van der Waals surface area contributed by atoms with E-state index in [4.69, 9.17) is 0 Å². The smallest absolute Gasteiger partial charge is 0.163 e. The summed E-state index contributed by atoms with van der Waals surface area (Å²) >= 11 is 0.